The van der Waals surface area contributed by atoms with Crippen molar-refractivity contribution >= 4 is 22.4 Å². The number of primary sulfonamides is 1. The van der Waals surface area contributed by atoms with Crippen molar-refractivity contribution in [1.82, 2.24) is 5.32 Å². The van der Waals surface area contributed by atoms with E-state index in [4.69, 9.17) is 20.1 Å². The van der Waals surface area contributed by atoms with Gasteiger partial charge in [0.25, 0.3) is 0 Å². The molecule has 150 valence electrons. The predicted octanol–water partition coefficient (Wildman–Crippen LogP) is 2.07. The quantitative estimate of drug-likeness (QED) is 0.572. The Morgan fingerprint density at radius 2 is 1.96 bits per heavy atom. The summed E-state index contributed by atoms with van der Waals surface area (Å²) in [5, 5.41) is 17.5. The smallest absolute Gasteiger partial charge is 0.241 e. The van der Waals surface area contributed by atoms with Gasteiger partial charge in [-0.2, -0.15) is 0 Å². The van der Waals surface area contributed by atoms with E-state index in [1.54, 1.807) is 13.0 Å². The highest BCUT2D eigenvalue weighted by Gasteiger charge is 2.16. The van der Waals surface area contributed by atoms with E-state index >= 15 is 0 Å². The van der Waals surface area contributed by atoms with Gasteiger partial charge in [0.2, 0.25) is 10.0 Å². The summed E-state index contributed by atoms with van der Waals surface area (Å²) in [6.45, 7) is -3.87. The van der Waals surface area contributed by atoms with E-state index in [0.29, 0.717) is 5.56 Å². The third-order valence-corrected chi connectivity index (χ3v) is 4.40. The highest BCUT2D eigenvalue weighted by molar-refractivity contribution is 7.89. The van der Waals surface area contributed by atoms with Crippen LogP contribution in [-0.4, -0.2) is 39.7 Å². The number of hydrogen-bond acceptors (Lipinski definition) is 6. The minimum absolute atomic E-state index is 0. The Labute approximate surface area is 171 Å². The Kier molecular flexibility index (Phi) is 6.57. The lowest BCUT2D eigenvalue weighted by molar-refractivity contribution is 0.291. The highest BCUT2D eigenvalue weighted by atomic mass is 35.5. The van der Waals surface area contributed by atoms with Gasteiger partial charge in [-0.05, 0) is 43.2 Å². The number of sulfonamides is 1. The number of para-hydroxylation sites is 2. The van der Waals surface area contributed by atoms with Crippen molar-refractivity contribution in [3.8, 4) is 17.2 Å². The van der Waals surface area contributed by atoms with E-state index in [9.17, 15) is 13.5 Å². The number of halogens is 1. The molecule has 2 aromatic rings. The van der Waals surface area contributed by atoms with Gasteiger partial charge in [-0.3, -0.25) is 0 Å². The third kappa shape index (κ3) is 6.91. The SMILES string of the molecule is Cl.[2H]C([2H])(N[C@H](C)Cc1ccc(OC)c(S(N)(=O)=O)c1)C([2H])([2H])Oc1ccccc1O. The number of rotatable bonds is 9. The van der Waals surface area contributed by atoms with Gasteiger partial charge in [-0.25, -0.2) is 13.6 Å². The molecule has 0 aliphatic rings. The van der Waals surface area contributed by atoms with Crippen LogP contribution in [0.3, 0.4) is 0 Å². The lowest BCUT2D eigenvalue weighted by atomic mass is 10.1. The summed E-state index contributed by atoms with van der Waals surface area (Å²) in [7, 11) is -2.71. The first-order valence-electron chi connectivity index (χ1n) is 9.71. The lowest BCUT2D eigenvalue weighted by Crippen LogP contribution is -2.31. The molecule has 0 aliphatic carbocycles. The van der Waals surface area contributed by atoms with Crippen molar-refractivity contribution in [2.24, 2.45) is 5.14 Å². The third-order valence-electron chi connectivity index (χ3n) is 3.47. The van der Waals surface area contributed by atoms with Gasteiger partial charge in [0.1, 0.15) is 17.2 Å². The summed E-state index contributed by atoms with van der Waals surface area (Å²) in [5.74, 6) is -0.433. The van der Waals surface area contributed by atoms with Crippen LogP contribution < -0.4 is 19.9 Å². The highest BCUT2D eigenvalue weighted by Crippen LogP contribution is 2.25. The van der Waals surface area contributed by atoms with Crippen molar-refractivity contribution in [3.05, 3.63) is 48.0 Å². The minimum atomic E-state index is -4.02. The predicted molar refractivity (Wildman–Crippen MR) is 106 cm³/mol. The number of phenols is 1. The normalized spacial score (nSPS) is 15.4. The van der Waals surface area contributed by atoms with Crippen LogP contribution in [-0.2, 0) is 16.4 Å². The van der Waals surface area contributed by atoms with Gasteiger partial charge in [-0.1, -0.05) is 18.2 Å². The van der Waals surface area contributed by atoms with Crippen molar-refractivity contribution in [2.75, 3.05) is 20.2 Å². The molecule has 0 spiro atoms. The zero-order chi connectivity index (χ0) is 22.7. The fourth-order valence-corrected chi connectivity index (χ4v) is 3.00. The van der Waals surface area contributed by atoms with Crippen molar-refractivity contribution in [2.45, 2.75) is 24.3 Å². The number of methoxy groups -OCH3 is 1. The zero-order valence-electron chi connectivity index (χ0n) is 18.8. The Morgan fingerprint density at radius 1 is 1.26 bits per heavy atom. The van der Waals surface area contributed by atoms with Gasteiger partial charge in [0, 0.05) is 15.3 Å². The molecule has 0 radical (unpaired) electrons. The van der Waals surface area contributed by atoms with E-state index in [-0.39, 0.29) is 41.0 Å². The van der Waals surface area contributed by atoms with E-state index in [1.165, 1.54) is 43.5 Å². The van der Waals surface area contributed by atoms with Crippen LogP contribution in [0.5, 0.6) is 17.2 Å². The van der Waals surface area contributed by atoms with Crippen LogP contribution in [0.2, 0.25) is 0 Å². The maximum absolute atomic E-state index is 11.7. The summed E-state index contributed by atoms with van der Waals surface area (Å²) in [5.41, 5.74) is 0.526. The molecule has 0 heterocycles. The first kappa shape index (κ1) is 17.1. The van der Waals surface area contributed by atoms with Gasteiger partial charge in [0.15, 0.2) is 11.5 Å². The molecule has 27 heavy (non-hydrogen) atoms. The van der Waals surface area contributed by atoms with Crippen molar-refractivity contribution in [3.63, 3.8) is 0 Å². The molecular formula is C18H25ClN2O5S. The number of nitrogens with one attached hydrogen (secondary N) is 1. The van der Waals surface area contributed by atoms with Crippen LogP contribution in [0.15, 0.2) is 47.4 Å². The summed E-state index contributed by atoms with van der Waals surface area (Å²) in [6.07, 6.45) is 0.165. The second kappa shape index (κ2) is 10.4. The second-order valence-electron chi connectivity index (χ2n) is 5.58. The number of ether oxygens (including phenoxy) is 2. The average Bonchev–Trinajstić information content (AvgIpc) is 2.62. The maximum Gasteiger partial charge on any atom is 0.241 e. The Bertz CT molecular complexity index is 1010. The van der Waals surface area contributed by atoms with Crippen LogP contribution in [0.1, 0.15) is 18.0 Å². The van der Waals surface area contributed by atoms with Crippen molar-refractivity contribution < 1.29 is 28.5 Å². The molecule has 0 aromatic heterocycles. The van der Waals surface area contributed by atoms with Gasteiger partial charge >= 0.3 is 0 Å². The van der Waals surface area contributed by atoms with E-state index in [0.717, 1.165) is 0 Å². The largest absolute Gasteiger partial charge is 0.504 e. The molecule has 0 aliphatic heterocycles. The molecule has 0 fully saturated rings. The van der Waals surface area contributed by atoms with Crippen LogP contribution in [0.4, 0.5) is 0 Å². The lowest BCUT2D eigenvalue weighted by Gasteiger charge is -2.16. The fraction of sp³-hybridized carbons (Fsp3) is 0.333. The van der Waals surface area contributed by atoms with Gasteiger partial charge in [-0.15, -0.1) is 12.4 Å². The summed E-state index contributed by atoms with van der Waals surface area (Å²) in [4.78, 5) is -0.198. The topological polar surface area (TPSA) is 111 Å². The molecule has 0 bridgehead atoms. The molecule has 4 N–H and O–H groups in total. The molecule has 2 aromatic carbocycles. The summed E-state index contributed by atoms with van der Waals surface area (Å²) >= 11 is 0. The average molecular weight is 421 g/mol. The number of aromatic hydroxyl groups is 1. The van der Waals surface area contributed by atoms with E-state index in [1.807, 2.05) is 0 Å². The molecule has 1 atom stereocenters. The monoisotopic (exact) mass is 420 g/mol. The molecular weight excluding hydrogens is 392 g/mol. The summed E-state index contributed by atoms with van der Waals surface area (Å²) < 4.78 is 65.7. The molecule has 0 saturated heterocycles. The van der Waals surface area contributed by atoms with Crippen LogP contribution in [0.25, 0.3) is 0 Å². The van der Waals surface area contributed by atoms with E-state index in [2.05, 4.69) is 5.32 Å². The molecule has 0 unspecified atom stereocenters. The molecule has 9 heteroatoms. The molecule has 2 rings (SSSR count). The molecule has 0 amide bonds. The second-order valence-corrected chi connectivity index (χ2v) is 7.11. The molecule has 0 saturated carbocycles. The van der Waals surface area contributed by atoms with Crippen LogP contribution >= 0.6 is 12.4 Å². The number of hydrogen-bond donors (Lipinski definition) is 3. The Balaban J connectivity index is 0.00000480. The maximum atomic E-state index is 11.7. The Hall–Kier alpha value is -2.00. The number of phenolic OH excluding ortho intramolecular Hbond substituents is 1. The van der Waals surface area contributed by atoms with Gasteiger partial charge < -0.3 is 19.9 Å². The molecule has 7 nitrogen and oxygen atoms in total. The summed E-state index contributed by atoms with van der Waals surface area (Å²) in [6, 6.07) is 9.41. The zero-order valence-corrected chi connectivity index (χ0v) is 16.4. The number of benzene rings is 2. The van der Waals surface area contributed by atoms with Gasteiger partial charge in [0.05, 0.1) is 9.85 Å². The van der Waals surface area contributed by atoms with Crippen molar-refractivity contribution in [1.29, 1.82) is 0 Å². The fourth-order valence-electron chi connectivity index (χ4n) is 2.25. The first-order chi connectivity index (χ1) is 13.8. The minimum Gasteiger partial charge on any atom is -0.504 e. The Morgan fingerprint density at radius 3 is 2.59 bits per heavy atom. The standard InChI is InChI=1S/C18H24N2O5S.ClH/c1-13(20-9-10-25-16-6-4-3-5-15(16)21)11-14-7-8-17(24-2)18(12-14)26(19,22)23;/h3-8,12-13,20-21H,9-11H2,1-2H3,(H2,19,22,23);1H/t13-;/m1./s1/i9D2,10D2;. The number of nitrogens with two attached hydrogens (primary N) is 1. The van der Waals surface area contributed by atoms with E-state index < -0.39 is 29.1 Å². The van der Waals surface area contributed by atoms with Crippen LogP contribution in [0, 0.1) is 0 Å². The first-order valence-corrected chi connectivity index (χ1v) is 9.26.